The molecule has 6 heteroatoms. The Morgan fingerprint density at radius 3 is 2.57 bits per heavy atom. The second-order valence-corrected chi connectivity index (χ2v) is 6.45. The lowest BCUT2D eigenvalue weighted by Gasteiger charge is -2.33. The molecule has 1 aliphatic heterocycles. The Labute approximate surface area is 147 Å². The third kappa shape index (κ3) is 3.47. The highest BCUT2D eigenvalue weighted by Gasteiger charge is 2.32. The molecule has 2 amide bonds. The molecule has 1 aliphatic rings. The first-order valence-electron chi connectivity index (χ1n) is 7.15. The minimum Gasteiger partial charge on any atom is -0.476 e. The van der Waals surface area contributed by atoms with Crippen LogP contribution in [0.5, 0.6) is 5.75 Å². The van der Waals surface area contributed by atoms with Gasteiger partial charge >= 0.3 is 0 Å². The Kier molecular flexibility index (Phi) is 4.51. The summed E-state index contributed by atoms with van der Waals surface area (Å²) in [5.41, 5.74) is 1.39. The fourth-order valence-corrected chi connectivity index (χ4v) is 2.78. The SMILES string of the molecule is CC(=O)N1C[C@H](C(=O)Nc2ccc(I)cc2)Oc2ccccc21. The summed E-state index contributed by atoms with van der Waals surface area (Å²) >= 11 is 2.20. The van der Waals surface area contributed by atoms with Gasteiger partial charge in [0, 0.05) is 16.2 Å². The molecular formula is C17H15IN2O3. The first-order chi connectivity index (χ1) is 11.0. The van der Waals surface area contributed by atoms with Gasteiger partial charge in [-0.15, -0.1) is 0 Å². The molecule has 0 aromatic heterocycles. The Hall–Kier alpha value is -2.09. The number of ether oxygens (including phenoxy) is 1. The number of rotatable bonds is 2. The van der Waals surface area contributed by atoms with Crippen molar-refractivity contribution in [3.63, 3.8) is 0 Å². The summed E-state index contributed by atoms with van der Waals surface area (Å²) < 4.78 is 6.85. The molecule has 5 nitrogen and oxygen atoms in total. The van der Waals surface area contributed by atoms with Crippen LogP contribution in [-0.4, -0.2) is 24.5 Å². The molecule has 2 aromatic rings. The minimum atomic E-state index is -0.743. The van der Waals surface area contributed by atoms with E-state index >= 15 is 0 Å². The Morgan fingerprint density at radius 2 is 1.87 bits per heavy atom. The van der Waals surface area contributed by atoms with Gasteiger partial charge in [-0.3, -0.25) is 9.59 Å². The van der Waals surface area contributed by atoms with Crippen LogP contribution in [0, 0.1) is 3.57 Å². The number of nitrogens with zero attached hydrogens (tertiary/aromatic N) is 1. The maximum absolute atomic E-state index is 12.5. The van der Waals surface area contributed by atoms with E-state index in [-0.39, 0.29) is 18.4 Å². The van der Waals surface area contributed by atoms with E-state index in [0.717, 1.165) is 3.57 Å². The Morgan fingerprint density at radius 1 is 1.17 bits per heavy atom. The van der Waals surface area contributed by atoms with Crippen molar-refractivity contribution in [2.45, 2.75) is 13.0 Å². The molecule has 0 aliphatic carbocycles. The van der Waals surface area contributed by atoms with E-state index in [1.807, 2.05) is 42.5 Å². The number of nitrogens with one attached hydrogen (secondary N) is 1. The number of hydrogen-bond acceptors (Lipinski definition) is 3. The number of carbonyl (C=O) groups is 2. The molecule has 118 valence electrons. The second kappa shape index (κ2) is 6.57. The van der Waals surface area contributed by atoms with Gasteiger partial charge < -0.3 is 15.0 Å². The average molecular weight is 422 g/mol. The number of anilines is 2. The molecule has 0 saturated carbocycles. The third-order valence-electron chi connectivity index (χ3n) is 3.56. The van der Waals surface area contributed by atoms with Gasteiger partial charge in [0.2, 0.25) is 5.91 Å². The average Bonchev–Trinajstić information content (AvgIpc) is 2.55. The summed E-state index contributed by atoms with van der Waals surface area (Å²) in [6.45, 7) is 1.68. The van der Waals surface area contributed by atoms with Gasteiger partial charge in [-0.2, -0.15) is 0 Å². The summed E-state index contributed by atoms with van der Waals surface area (Å²) in [5, 5.41) is 2.82. The van der Waals surface area contributed by atoms with Crippen LogP contribution in [0.3, 0.4) is 0 Å². The molecule has 23 heavy (non-hydrogen) atoms. The van der Waals surface area contributed by atoms with Crippen LogP contribution < -0.4 is 15.0 Å². The van der Waals surface area contributed by atoms with Crippen LogP contribution in [0.25, 0.3) is 0 Å². The van der Waals surface area contributed by atoms with Gasteiger partial charge in [-0.05, 0) is 59.0 Å². The fourth-order valence-electron chi connectivity index (χ4n) is 2.43. The number of hydrogen-bond donors (Lipinski definition) is 1. The molecular weight excluding hydrogens is 407 g/mol. The van der Waals surface area contributed by atoms with E-state index in [4.69, 9.17) is 4.74 Å². The van der Waals surface area contributed by atoms with Gasteiger partial charge in [-0.1, -0.05) is 12.1 Å². The Balaban J connectivity index is 1.79. The number of benzene rings is 2. The molecule has 0 saturated heterocycles. The molecule has 0 spiro atoms. The van der Waals surface area contributed by atoms with E-state index in [1.54, 1.807) is 11.0 Å². The number of fused-ring (bicyclic) bond motifs is 1. The maximum atomic E-state index is 12.5. The quantitative estimate of drug-likeness (QED) is 0.758. The van der Waals surface area contributed by atoms with Crippen molar-refractivity contribution in [1.29, 1.82) is 0 Å². The predicted octanol–water partition coefficient (Wildman–Crippen LogP) is 3.04. The molecule has 2 aromatic carbocycles. The standard InChI is InChI=1S/C17H15IN2O3/c1-11(21)20-10-16(23-15-5-3-2-4-14(15)20)17(22)19-13-8-6-12(18)7-9-13/h2-9,16H,10H2,1H3,(H,19,22)/t16-/m1/s1. The molecule has 0 unspecified atom stereocenters. The predicted molar refractivity (Wildman–Crippen MR) is 96.7 cm³/mol. The first kappa shape index (κ1) is 15.8. The van der Waals surface area contributed by atoms with Crippen molar-refractivity contribution in [3.8, 4) is 5.75 Å². The van der Waals surface area contributed by atoms with Crippen LogP contribution in [0.2, 0.25) is 0 Å². The normalized spacial score (nSPS) is 16.3. The topological polar surface area (TPSA) is 58.6 Å². The number of halogens is 1. The summed E-state index contributed by atoms with van der Waals surface area (Å²) in [5.74, 6) is 0.150. The monoisotopic (exact) mass is 422 g/mol. The summed E-state index contributed by atoms with van der Waals surface area (Å²) in [4.78, 5) is 25.9. The zero-order valence-corrected chi connectivity index (χ0v) is 14.6. The van der Waals surface area contributed by atoms with Crippen molar-refractivity contribution < 1.29 is 14.3 Å². The molecule has 1 heterocycles. The highest BCUT2D eigenvalue weighted by molar-refractivity contribution is 14.1. The number of para-hydroxylation sites is 2. The van der Waals surface area contributed by atoms with E-state index in [9.17, 15) is 9.59 Å². The fraction of sp³-hybridized carbons (Fsp3) is 0.176. The number of amides is 2. The van der Waals surface area contributed by atoms with E-state index in [0.29, 0.717) is 17.1 Å². The van der Waals surface area contributed by atoms with Crippen LogP contribution in [0.1, 0.15) is 6.92 Å². The summed E-state index contributed by atoms with van der Waals surface area (Å²) in [6.07, 6.45) is -0.743. The lowest BCUT2D eigenvalue weighted by Crippen LogP contribution is -2.48. The zero-order valence-electron chi connectivity index (χ0n) is 12.5. The highest BCUT2D eigenvalue weighted by Crippen LogP contribution is 2.33. The smallest absolute Gasteiger partial charge is 0.267 e. The van der Waals surface area contributed by atoms with Crippen LogP contribution in [0.4, 0.5) is 11.4 Å². The van der Waals surface area contributed by atoms with Crippen molar-refractivity contribution >= 4 is 45.8 Å². The molecule has 1 atom stereocenters. The Bertz CT molecular complexity index is 746. The largest absolute Gasteiger partial charge is 0.476 e. The van der Waals surface area contributed by atoms with Gasteiger partial charge in [0.1, 0.15) is 5.75 Å². The first-order valence-corrected chi connectivity index (χ1v) is 8.22. The molecule has 0 radical (unpaired) electrons. The molecule has 0 bridgehead atoms. The van der Waals surface area contributed by atoms with Crippen LogP contribution in [-0.2, 0) is 9.59 Å². The lowest BCUT2D eigenvalue weighted by atomic mass is 10.1. The van der Waals surface area contributed by atoms with Crippen molar-refractivity contribution in [3.05, 3.63) is 52.1 Å². The lowest BCUT2D eigenvalue weighted by molar-refractivity contribution is -0.123. The minimum absolute atomic E-state index is 0.118. The molecule has 0 fully saturated rings. The maximum Gasteiger partial charge on any atom is 0.267 e. The molecule has 3 rings (SSSR count). The summed E-state index contributed by atoms with van der Waals surface area (Å²) in [6, 6.07) is 14.7. The van der Waals surface area contributed by atoms with E-state index in [2.05, 4.69) is 27.9 Å². The van der Waals surface area contributed by atoms with E-state index in [1.165, 1.54) is 6.92 Å². The van der Waals surface area contributed by atoms with Crippen LogP contribution >= 0.6 is 22.6 Å². The third-order valence-corrected chi connectivity index (χ3v) is 4.28. The van der Waals surface area contributed by atoms with E-state index < -0.39 is 6.10 Å². The van der Waals surface area contributed by atoms with Gasteiger partial charge in [-0.25, -0.2) is 0 Å². The van der Waals surface area contributed by atoms with Crippen LogP contribution in [0.15, 0.2) is 48.5 Å². The second-order valence-electron chi connectivity index (χ2n) is 5.20. The van der Waals surface area contributed by atoms with Gasteiger partial charge in [0.15, 0.2) is 6.10 Å². The summed E-state index contributed by atoms with van der Waals surface area (Å²) in [7, 11) is 0. The van der Waals surface area contributed by atoms with Crippen molar-refractivity contribution in [1.82, 2.24) is 0 Å². The van der Waals surface area contributed by atoms with Crippen molar-refractivity contribution in [2.24, 2.45) is 0 Å². The van der Waals surface area contributed by atoms with Gasteiger partial charge in [0.05, 0.1) is 12.2 Å². The van der Waals surface area contributed by atoms with Gasteiger partial charge in [0.25, 0.3) is 5.91 Å². The van der Waals surface area contributed by atoms with Crippen molar-refractivity contribution in [2.75, 3.05) is 16.8 Å². The molecule has 1 N–H and O–H groups in total. The highest BCUT2D eigenvalue weighted by atomic mass is 127. The number of carbonyl (C=O) groups excluding carboxylic acids is 2. The zero-order chi connectivity index (χ0) is 16.4.